The molecule has 0 saturated heterocycles. The molecule has 0 spiro atoms. The van der Waals surface area contributed by atoms with Crippen molar-refractivity contribution in [3.8, 4) is 0 Å². The second-order valence-corrected chi connectivity index (χ2v) is 6.44. The number of aromatic nitrogens is 2. The van der Waals surface area contributed by atoms with E-state index >= 15 is 0 Å². The zero-order chi connectivity index (χ0) is 12.6. The minimum atomic E-state index is 0.415. The van der Waals surface area contributed by atoms with Crippen molar-refractivity contribution in [1.29, 1.82) is 0 Å². The van der Waals surface area contributed by atoms with Crippen LogP contribution in [0.25, 0.3) is 0 Å². The fourth-order valence-corrected chi connectivity index (χ4v) is 2.72. The first-order valence-corrected chi connectivity index (χ1v) is 6.84. The Morgan fingerprint density at radius 2 is 1.53 bits per heavy atom. The second-order valence-electron chi connectivity index (χ2n) is 5.73. The van der Waals surface area contributed by atoms with Crippen molar-refractivity contribution in [2.24, 2.45) is 5.41 Å². The lowest BCUT2D eigenvalue weighted by molar-refractivity contribution is 0.221. The lowest BCUT2D eigenvalue weighted by atomic mass is 9.73. The molecule has 1 aromatic rings. The molecule has 0 aliphatic heterocycles. The van der Waals surface area contributed by atoms with Crippen LogP contribution in [0.1, 0.15) is 56.8 Å². The van der Waals surface area contributed by atoms with Gasteiger partial charge in [-0.2, -0.15) is 0 Å². The predicted molar refractivity (Wildman–Crippen MR) is 71.8 cm³/mol. The molecule has 0 aromatic carbocycles. The first kappa shape index (κ1) is 13.1. The van der Waals surface area contributed by atoms with Gasteiger partial charge in [0.25, 0.3) is 0 Å². The van der Waals surface area contributed by atoms with Crippen molar-refractivity contribution >= 4 is 23.2 Å². The van der Waals surface area contributed by atoms with Gasteiger partial charge in [-0.1, -0.05) is 37.0 Å². The number of hydrogen-bond acceptors (Lipinski definition) is 2. The molecule has 0 radical (unpaired) electrons. The first-order chi connectivity index (χ1) is 7.89. The molecule has 0 N–H and O–H groups in total. The molecule has 94 valence electrons. The number of rotatable bonds is 1. The summed E-state index contributed by atoms with van der Waals surface area (Å²) in [6, 6.07) is 0. The van der Waals surface area contributed by atoms with Gasteiger partial charge in [0.05, 0.1) is 0 Å². The van der Waals surface area contributed by atoms with Crippen LogP contribution in [0, 0.1) is 12.3 Å². The van der Waals surface area contributed by atoms with Gasteiger partial charge in [0.15, 0.2) is 0 Å². The summed E-state index contributed by atoms with van der Waals surface area (Å²) < 4.78 is 0. The van der Waals surface area contributed by atoms with E-state index in [1.54, 1.807) is 0 Å². The van der Waals surface area contributed by atoms with Crippen LogP contribution in [-0.2, 0) is 0 Å². The average Bonchev–Trinajstić information content (AvgIpc) is 2.25. The highest BCUT2D eigenvalue weighted by Gasteiger charge is 2.29. The Kier molecular flexibility index (Phi) is 3.65. The fraction of sp³-hybridized carbons (Fsp3) is 0.692. The Morgan fingerprint density at radius 3 is 2.00 bits per heavy atom. The summed E-state index contributed by atoms with van der Waals surface area (Å²) in [6.45, 7) is 6.48. The Balaban J connectivity index is 2.19. The maximum atomic E-state index is 6.06. The maximum absolute atomic E-state index is 6.06. The normalized spacial score (nSPS) is 20.5. The van der Waals surface area contributed by atoms with E-state index in [1.165, 1.54) is 12.8 Å². The van der Waals surface area contributed by atoms with Gasteiger partial charge in [-0.15, -0.1) is 0 Å². The van der Waals surface area contributed by atoms with Crippen molar-refractivity contribution < 1.29 is 0 Å². The van der Waals surface area contributed by atoms with Crippen LogP contribution in [0.4, 0.5) is 0 Å². The molecule has 1 aliphatic carbocycles. The van der Waals surface area contributed by atoms with Crippen molar-refractivity contribution in [2.45, 2.75) is 52.4 Å². The molecule has 2 rings (SSSR count). The van der Waals surface area contributed by atoms with Crippen LogP contribution in [-0.4, -0.2) is 9.97 Å². The van der Waals surface area contributed by atoms with E-state index in [1.807, 2.05) is 6.92 Å². The Morgan fingerprint density at radius 1 is 1.06 bits per heavy atom. The third kappa shape index (κ3) is 2.92. The Labute approximate surface area is 113 Å². The lowest BCUT2D eigenvalue weighted by Gasteiger charge is -2.33. The van der Waals surface area contributed by atoms with Gasteiger partial charge in [-0.25, -0.2) is 9.97 Å². The Bertz CT molecular complexity index is 396. The molecule has 0 unspecified atom stereocenters. The van der Waals surface area contributed by atoms with Gasteiger partial charge in [-0.05, 0) is 38.0 Å². The van der Waals surface area contributed by atoms with E-state index < -0.39 is 0 Å². The van der Waals surface area contributed by atoms with Gasteiger partial charge in [0.1, 0.15) is 16.1 Å². The van der Waals surface area contributed by atoms with Crippen LogP contribution in [0.2, 0.25) is 10.3 Å². The minimum Gasteiger partial charge on any atom is -0.221 e. The fourth-order valence-electron chi connectivity index (χ4n) is 2.32. The summed E-state index contributed by atoms with van der Waals surface area (Å²) in [5, 5.41) is 0.981. The second kappa shape index (κ2) is 4.74. The zero-order valence-electron chi connectivity index (χ0n) is 10.6. The standard InChI is InChI=1S/C13H18Cl2N2/c1-8-10(14)16-12(17-11(8)15)9-4-6-13(2,3)7-5-9/h9H,4-7H2,1-3H3. The van der Waals surface area contributed by atoms with E-state index in [4.69, 9.17) is 23.2 Å². The highest BCUT2D eigenvalue weighted by Crippen LogP contribution is 2.42. The molecule has 1 aliphatic rings. The predicted octanol–water partition coefficient (Wildman–Crippen LogP) is 4.78. The highest BCUT2D eigenvalue weighted by molar-refractivity contribution is 6.34. The molecule has 17 heavy (non-hydrogen) atoms. The van der Waals surface area contributed by atoms with E-state index in [9.17, 15) is 0 Å². The average molecular weight is 273 g/mol. The molecule has 0 amide bonds. The third-order valence-electron chi connectivity index (χ3n) is 3.75. The van der Waals surface area contributed by atoms with E-state index in [-0.39, 0.29) is 0 Å². The van der Waals surface area contributed by atoms with Crippen LogP contribution < -0.4 is 0 Å². The van der Waals surface area contributed by atoms with E-state index in [0.717, 1.165) is 24.2 Å². The minimum absolute atomic E-state index is 0.415. The van der Waals surface area contributed by atoms with Crippen LogP contribution in [0.5, 0.6) is 0 Å². The summed E-state index contributed by atoms with van der Waals surface area (Å²) >= 11 is 12.1. The number of halogens is 2. The first-order valence-electron chi connectivity index (χ1n) is 6.08. The van der Waals surface area contributed by atoms with E-state index in [0.29, 0.717) is 21.6 Å². The molecule has 1 fully saturated rings. The van der Waals surface area contributed by atoms with Crippen molar-refractivity contribution in [3.63, 3.8) is 0 Å². The lowest BCUT2D eigenvalue weighted by Crippen LogP contribution is -2.21. The molecular formula is C13H18Cl2N2. The van der Waals surface area contributed by atoms with Crippen LogP contribution in [0.15, 0.2) is 0 Å². The quantitative estimate of drug-likeness (QED) is 0.688. The van der Waals surface area contributed by atoms with Crippen LogP contribution >= 0.6 is 23.2 Å². The van der Waals surface area contributed by atoms with E-state index in [2.05, 4.69) is 23.8 Å². The summed E-state index contributed by atoms with van der Waals surface area (Å²) in [4.78, 5) is 8.75. The van der Waals surface area contributed by atoms with Gasteiger partial charge < -0.3 is 0 Å². The zero-order valence-corrected chi connectivity index (χ0v) is 12.1. The molecule has 1 aromatic heterocycles. The van der Waals surface area contributed by atoms with Crippen molar-refractivity contribution in [1.82, 2.24) is 9.97 Å². The summed E-state index contributed by atoms with van der Waals surface area (Å²) in [6.07, 6.45) is 4.68. The monoisotopic (exact) mass is 272 g/mol. The van der Waals surface area contributed by atoms with Crippen molar-refractivity contribution in [3.05, 3.63) is 21.7 Å². The largest absolute Gasteiger partial charge is 0.221 e. The topological polar surface area (TPSA) is 25.8 Å². The highest BCUT2D eigenvalue weighted by atomic mass is 35.5. The third-order valence-corrected chi connectivity index (χ3v) is 4.48. The molecule has 4 heteroatoms. The van der Waals surface area contributed by atoms with Gasteiger partial charge >= 0.3 is 0 Å². The smallest absolute Gasteiger partial charge is 0.137 e. The number of nitrogens with zero attached hydrogens (tertiary/aromatic N) is 2. The SMILES string of the molecule is Cc1c(Cl)nc(C2CCC(C)(C)CC2)nc1Cl. The van der Waals surface area contributed by atoms with Crippen molar-refractivity contribution in [2.75, 3.05) is 0 Å². The van der Waals surface area contributed by atoms with Crippen LogP contribution in [0.3, 0.4) is 0 Å². The molecule has 0 atom stereocenters. The number of hydrogen-bond donors (Lipinski definition) is 0. The summed E-state index contributed by atoms with van der Waals surface area (Å²) in [7, 11) is 0. The van der Waals surface area contributed by atoms with Gasteiger partial charge in [-0.3, -0.25) is 0 Å². The Hall–Kier alpha value is -0.340. The summed E-state index contributed by atoms with van der Waals surface area (Å²) in [5.74, 6) is 1.24. The molecule has 2 nitrogen and oxygen atoms in total. The molecule has 1 saturated carbocycles. The molecular weight excluding hydrogens is 255 g/mol. The summed E-state index contributed by atoms with van der Waals surface area (Å²) in [5.41, 5.74) is 1.22. The van der Waals surface area contributed by atoms with Gasteiger partial charge in [0, 0.05) is 11.5 Å². The molecule has 0 bridgehead atoms. The van der Waals surface area contributed by atoms with Gasteiger partial charge in [0.2, 0.25) is 0 Å². The maximum Gasteiger partial charge on any atom is 0.137 e. The molecule has 1 heterocycles.